The monoisotopic (exact) mass is 539 g/mol. The average Bonchev–Trinajstić information content (AvgIpc) is 3.25. The summed E-state index contributed by atoms with van der Waals surface area (Å²) < 4.78 is 4.43. The van der Waals surface area contributed by atoms with E-state index in [1.807, 2.05) is 53.2 Å². The normalized spacial score (nSPS) is 13.0. The molecule has 5 rings (SSSR count). The largest absolute Gasteiger partial charge is 0.387 e. The summed E-state index contributed by atoms with van der Waals surface area (Å²) in [5.41, 5.74) is 10.6. The first kappa shape index (κ1) is 26.5. The molecule has 39 heavy (non-hydrogen) atoms. The summed E-state index contributed by atoms with van der Waals surface area (Å²) in [6, 6.07) is 12.3. The number of carbonyl (C=O) groups excluding carboxylic acids is 1. The molecule has 4 aromatic rings. The molecule has 0 radical (unpaired) electrons. The Bertz CT molecular complexity index is 1660. The van der Waals surface area contributed by atoms with Crippen LogP contribution in [0, 0.1) is 4.64 Å². The number of amidine groups is 1. The van der Waals surface area contributed by atoms with E-state index in [0.717, 1.165) is 64.9 Å². The van der Waals surface area contributed by atoms with Crippen molar-refractivity contribution in [3.05, 3.63) is 76.6 Å². The first-order valence-electron chi connectivity index (χ1n) is 13.3. The maximum absolute atomic E-state index is 13.3. The molecule has 0 saturated carbocycles. The van der Waals surface area contributed by atoms with Crippen LogP contribution in [0.1, 0.15) is 44.5 Å². The van der Waals surface area contributed by atoms with E-state index >= 15 is 0 Å². The topological polar surface area (TPSA) is 94.3 Å². The number of aryl methyl sites for hydroxylation is 1. The number of hydrogen-bond donors (Lipinski definition) is 1. The highest BCUT2D eigenvalue weighted by Gasteiger charge is 2.21. The van der Waals surface area contributed by atoms with E-state index in [9.17, 15) is 4.79 Å². The van der Waals surface area contributed by atoms with E-state index in [0.29, 0.717) is 29.0 Å². The van der Waals surface area contributed by atoms with Crippen LogP contribution in [-0.4, -0.2) is 49.1 Å². The molecule has 1 amide bonds. The molecule has 9 heteroatoms. The average molecular weight is 540 g/mol. The predicted molar refractivity (Wildman–Crippen MR) is 159 cm³/mol. The van der Waals surface area contributed by atoms with Gasteiger partial charge in [-0.1, -0.05) is 50.3 Å². The summed E-state index contributed by atoms with van der Waals surface area (Å²) in [7, 11) is 1.96. The maximum Gasteiger partial charge on any atom is 0.250 e. The van der Waals surface area contributed by atoms with Crippen LogP contribution in [0.3, 0.4) is 0 Å². The first-order chi connectivity index (χ1) is 18.9. The molecule has 3 heterocycles. The van der Waals surface area contributed by atoms with Gasteiger partial charge in [0.05, 0.1) is 11.9 Å². The molecule has 200 valence electrons. The van der Waals surface area contributed by atoms with Gasteiger partial charge in [-0.15, -0.1) is 0 Å². The molecule has 0 fully saturated rings. The van der Waals surface area contributed by atoms with Crippen molar-refractivity contribution in [3.63, 3.8) is 0 Å². The number of nitrogens with zero attached hydrogens (tertiary/aromatic N) is 6. The number of hydrogen-bond acceptors (Lipinski definition) is 6. The van der Waals surface area contributed by atoms with E-state index in [-0.39, 0.29) is 5.91 Å². The van der Waals surface area contributed by atoms with Crippen molar-refractivity contribution in [2.45, 2.75) is 39.7 Å². The zero-order valence-corrected chi connectivity index (χ0v) is 23.4. The van der Waals surface area contributed by atoms with E-state index in [4.69, 9.17) is 18.0 Å². The van der Waals surface area contributed by atoms with Gasteiger partial charge in [0.1, 0.15) is 22.8 Å². The maximum atomic E-state index is 13.3. The van der Waals surface area contributed by atoms with Crippen LogP contribution in [0.25, 0.3) is 28.0 Å². The van der Waals surface area contributed by atoms with Gasteiger partial charge in [-0.2, -0.15) is 5.10 Å². The van der Waals surface area contributed by atoms with Gasteiger partial charge in [0, 0.05) is 60.9 Å². The van der Waals surface area contributed by atoms with Crippen LogP contribution < -0.4 is 5.73 Å². The van der Waals surface area contributed by atoms with E-state index < -0.39 is 0 Å². The number of benzene rings is 2. The summed E-state index contributed by atoms with van der Waals surface area (Å²) in [5, 5.41) is 6.52. The fraction of sp³-hybridized carbons (Fsp3) is 0.300. The quantitative estimate of drug-likeness (QED) is 0.293. The third kappa shape index (κ3) is 5.54. The van der Waals surface area contributed by atoms with Gasteiger partial charge in [0.2, 0.25) is 5.91 Å². The van der Waals surface area contributed by atoms with Crippen LogP contribution in [0.4, 0.5) is 5.69 Å². The Hall–Kier alpha value is -4.11. The van der Waals surface area contributed by atoms with Gasteiger partial charge in [-0.3, -0.25) is 4.79 Å². The number of aliphatic imine (C=N–C) groups is 1. The Balaban J connectivity index is 1.46. The van der Waals surface area contributed by atoms with Gasteiger partial charge in [-0.25, -0.2) is 14.7 Å². The number of amides is 1. The highest BCUT2D eigenvalue weighted by Crippen LogP contribution is 2.33. The second-order valence-corrected chi connectivity index (χ2v) is 10.3. The third-order valence-corrected chi connectivity index (χ3v) is 7.37. The van der Waals surface area contributed by atoms with Crippen LogP contribution >= 0.6 is 12.2 Å². The summed E-state index contributed by atoms with van der Waals surface area (Å²) in [6.07, 6.45) is 9.64. The highest BCUT2D eigenvalue weighted by molar-refractivity contribution is 7.71. The molecule has 2 N–H and O–H groups in total. The van der Waals surface area contributed by atoms with Crippen LogP contribution in [-0.2, 0) is 18.4 Å². The number of fused-ring (bicyclic) bond motifs is 2. The lowest BCUT2D eigenvalue weighted by Gasteiger charge is -2.22. The highest BCUT2D eigenvalue weighted by atomic mass is 32.1. The van der Waals surface area contributed by atoms with Gasteiger partial charge in [0.25, 0.3) is 0 Å². The lowest BCUT2D eigenvalue weighted by molar-refractivity contribution is -0.127. The van der Waals surface area contributed by atoms with Crippen molar-refractivity contribution in [1.29, 1.82) is 0 Å². The predicted octanol–water partition coefficient (Wildman–Crippen LogP) is 5.64. The molecule has 1 aliphatic rings. The van der Waals surface area contributed by atoms with E-state index in [1.54, 1.807) is 10.9 Å². The zero-order chi connectivity index (χ0) is 27.5. The Morgan fingerprint density at radius 1 is 1.10 bits per heavy atom. The lowest BCUT2D eigenvalue weighted by atomic mass is 9.99. The summed E-state index contributed by atoms with van der Waals surface area (Å²) in [5.74, 6) is 1.37. The minimum Gasteiger partial charge on any atom is -0.387 e. The second kappa shape index (κ2) is 11.3. The van der Waals surface area contributed by atoms with E-state index in [2.05, 4.69) is 47.1 Å². The molecule has 0 bridgehead atoms. The molecule has 0 spiro atoms. The summed E-state index contributed by atoms with van der Waals surface area (Å²) >= 11 is 5.76. The minimum atomic E-state index is 0.0377. The van der Waals surface area contributed by atoms with E-state index in [1.165, 1.54) is 0 Å². The van der Waals surface area contributed by atoms with Crippen LogP contribution in [0.5, 0.6) is 0 Å². The fourth-order valence-corrected chi connectivity index (χ4v) is 5.23. The standard InChI is InChI=1S/C30H33N7OS/c1-4-11-36(12-5-2)29(38)23-15-22-7-6-21(16-26(22)34-27(31)17-23)20-8-9-25-24(14-20)18-33-37(30(25)39)19-28-32-10-13-35(28)3/h6-10,13-16,18H,4-5,11-12,17,19H2,1-3H3,(H2,31,34). The smallest absolute Gasteiger partial charge is 0.250 e. The van der Waals surface area contributed by atoms with Crippen molar-refractivity contribution >= 4 is 46.5 Å². The van der Waals surface area contributed by atoms with Crippen LogP contribution in [0.2, 0.25) is 0 Å². The number of nitrogens with two attached hydrogens (primary N) is 1. The van der Waals surface area contributed by atoms with Crippen molar-refractivity contribution in [2.75, 3.05) is 13.1 Å². The Kier molecular flexibility index (Phi) is 7.70. The fourth-order valence-electron chi connectivity index (χ4n) is 4.93. The molecular weight excluding hydrogens is 506 g/mol. The van der Waals surface area contributed by atoms with Crippen molar-refractivity contribution in [1.82, 2.24) is 24.2 Å². The molecule has 0 atom stereocenters. The molecule has 8 nitrogen and oxygen atoms in total. The second-order valence-electron chi connectivity index (χ2n) is 9.88. The number of imidazole rings is 1. The zero-order valence-electron chi connectivity index (χ0n) is 22.6. The summed E-state index contributed by atoms with van der Waals surface area (Å²) in [4.78, 5) is 24.2. The molecule has 0 unspecified atom stereocenters. The molecule has 2 aromatic carbocycles. The van der Waals surface area contributed by atoms with Gasteiger partial charge < -0.3 is 15.2 Å². The van der Waals surface area contributed by atoms with Gasteiger partial charge >= 0.3 is 0 Å². The first-order valence-corrected chi connectivity index (χ1v) is 13.7. The molecule has 0 aliphatic carbocycles. The number of aromatic nitrogens is 4. The molecule has 0 saturated heterocycles. The van der Waals surface area contributed by atoms with Crippen molar-refractivity contribution < 1.29 is 4.79 Å². The third-order valence-electron chi connectivity index (χ3n) is 6.94. The van der Waals surface area contributed by atoms with Crippen molar-refractivity contribution in [2.24, 2.45) is 17.8 Å². The van der Waals surface area contributed by atoms with Gasteiger partial charge in [0.15, 0.2) is 0 Å². The van der Waals surface area contributed by atoms with Gasteiger partial charge in [-0.05, 0) is 42.2 Å². The lowest BCUT2D eigenvalue weighted by Crippen LogP contribution is -2.34. The van der Waals surface area contributed by atoms with Crippen molar-refractivity contribution in [3.8, 4) is 11.1 Å². The Morgan fingerprint density at radius 2 is 1.85 bits per heavy atom. The Morgan fingerprint density at radius 3 is 2.56 bits per heavy atom. The SMILES string of the molecule is CCCN(CCC)C(=O)C1=Cc2ccc(-c3ccc4c(=S)n(Cc5nccn5C)ncc4c3)cc2N=C(N)C1. The molecule has 2 aromatic heterocycles. The molecule has 1 aliphatic heterocycles. The number of carbonyl (C=O) groups is 1. The molecular formula is C30H33N7OS. The van der Waals surface area contributed by atoms with Crippen LogP contribution in [0.15, 0.2) is 65.6 Å². The number of rotatable bonds is 8. The summed E-state index contributed by atoms with van der Waals surface area (Å²) in [6.45, 7) is 6.15. The minimum absolute atomic E-state index is 0.0377. The Labute approximate surface area is 233 Å².